The highest BCUT2D eigenvalue weighted by atomic mass is 16.5. The summed E-state index contributed by atoms with van der Waals surface area (Å²) < 4.78 is 10.5. The third-order valence-electron chi connectivity index (χ3n) is 3.25. The van der Waals surface area contributed by atoms with Gasteiger partial charge in [0, 0.05) is 32.5 Å². The maximum atomic E-state index is 12.2. The predicted molar refractivity (Wildman–Crippen MR) is 90.7 cm³/mol. The van der Waals surface area contributed by atoms with Crippen LogP contribution in [-0.2, 0) is 11.3 Å². The maximum absolute atomic E-state index is 12.2. The van der Waals surface area contributed by atoms with Crippen molar-refractivity contribution in [2.24, 2.45) is 0 Å². The van der Waals surface area contributed by atoms with Crippen LogP contribution in [0.3, 0.4) is 0 Å². The van der Waals surface area contributed by atoms with Crippen molar-refractivity contribution in [2.75, 3.05) is 32.7 Å². The third-order valence-corrected chi connectivity index (χ3v) is 3.25. The largest absolute Gasteiger partial charge is 0.491 e. The molecule has 0 aliphatic rings. The number of hydrogen-bond donors (Lipinski definition) is 1. The number of anilines is 1. The smallest absolute Gasteiger partial charge is 0.321 e. The Morgan fingerprint density at radius 3 is 2.61 bits per heavy atom. The maximum Gasteiger partial charge on any atom is 0.321 e. The molecule has 2 aromatic rings. The molecule has 23 heavy (non-hydrogen) atoms. The quantitative estimate of drug-likeness (QED) is 0.797. The average Bonchev–Trinajstić information content (AvgIpc) is 2.56. The van der Waals surface area contributed by atoms with Gasteiger partial charge < -0.3 is 19.7 Å². The molecule has 2 aromatic carbocycles. The number of ether oxygens (including phenoxy) is 2. The Hall–Kier alpha value is -2.53. The average molecular weight is 314 g/mol. The monoisotopic (exact) mass is 314 g/mol. The van der Waals surface area contributed by atoms with Crippen molar-refractivity contribution >= 4 is 11.7 Å². The first kappa shape index (κ1) is 16.8. The molecule has 0 saturated carbocycles. The lowest BCUT2D eigenvalue weighted by Crippen LogP contribution is -2.30. The Bertz CT molecular complexity index is 617. The number of hydrogen-bond acceptors (Lipinski definition) is 3. The van der Waals surface area contributed by atoms with E-state index in [2.05, 4.69) is 5.32 Å². The van der Waals surface area contributed by atoms with Gasteiger partial charge in [0.05, 0.1) is 6.61 Å². The predicted octanol–water partition coefficient (Wildman–Crippen LogP) is 3.38. The Morgan fingerprint density at radius 1 is 1.09 bits per heavy atom. The van der Waals surface area contributed by atoms with Crippen LogP contribution < -0.4 is 10.1 Å². The molecular formula is C18H22N2O3. The van der Waals surface area contributed by atoms with Gasteiger partial charge in [-0.2, -0.15) is 0 Å². The van der Waals surface area contributed by atoms with Crippen molar-refractivity contribution in [3.63, 3.8) is 0 Å². The van der Waals surface area contributed by atoms with Gasteiger partial charge in [0.2, 0.25) is 0 Å². The van der Waals surface area contributed by atoms with E-state index >= 15 is 0 Å². The molecule has 2 amide bonds. The van der Waals surface area contributed by atoms with Gasteiger partial charge in [-0.15, -0.1) is 0 Å². The van der Waals surface area contributed by atoms with Gasteiger partial charge in [0.25, 0.3) is 0 Å². The summed E-state index contributed by atoms with van der Waals surface area (Å²) in [7, 11) is 3.39. The van der Waals surface area contributed by atoms with Crippen LogP contribution >= 0.6 is 0 Å². The Labute approximate surface area is 136 Å². The zero-order chi connectivity index (χ0) is 16.5. The number of carbonyl (C=O) groups excluding carboxylic acids is 1. The Balaban J connectivity index is 1.90. The molecule has 0 aliphatic carbocycles. The summed E-state index contributed by atoms with van der Waals surface area (Å²) in [6.45, 7) is 1.55. The molecule has 0 aromatic heterocycles. The van der Waals surface area contributed by atoms with E-state index in [4.69, 9.17) is 9.47 Å². The summed E-state index contributed by atoms with van der Waals surface area (Å²) in [6, 6.07) is 17.0. The summed E-state index contributed by atoms with van der Waals surface area (Å²) in [5.41, 5.74) is 1.78. The fourth-order valence-corrected chi connectivity index (χ4v) is 2.05. The normalized spacial score (nSPS) is 10.2. The van der Waals surface area contributed by atoms with E-state index in [1.165, 1.54) is 0 Å². The number of benzene rings is 2. The Morgan fingerprint density at radius 2 is 1.87 bits per heavy atom. The summed E-state index contributed by atoms with van der Waals surface area (Å²) in [5.74, 6) is 0.700. The number of nitrogens with one attached hydrogen (secondary N) is 1. The van der Waals surface area contributed by atoms with Crippen molar-refractivity contribution < 1.29 is 14.3 Å². The van der Waals surface area contributed by atoms with E-state index in [9.17, 15) is 4.79 Å². The van der Waals surface area contributed by atoms with Crippen molar-refractivity contribution in [1.82, 2.24) is 4.90 Å². The molecule has 0 atom stereocenters. The lowest BCUT2D eigenvalue weighted by Gasteiger charge is -2.18. The minimum Gasteiger partial charge on any atom is -0.491 e. The minimum atomic E-state index is -0.164. The summed E-state index contributed by atoms with van der Waals surface area (Å²) in [4.78, 5) is 13.9. The number of methoxy groups -OCH3 is 1. The van der Waals surface area contributed by atoms with Gasteiger partial charge in [-0.25, -0.2) is 4.79 Å². The van der Waals surface area contributed by atoms with Gasteiger partial charge in [0.15, 0.2) is 0 Å². The highest BCUT2D eigenvalue weighted by molar-refractivity contribution is 5.89. The number of rotatable bonds is 7. The van der Waals surface area contributed by atoms with Gasteiger partial charge >= 0.3 is 6.03 Å². The molecule has 0 bridgehead atoms. The molecule has 0 fully saturated rings. The highest BCUT2D eigenvalue weighted by Gasteiger charge is 2.09. The third kappa shape index (κ3) is 5.64. The molecule has 1 N–H and O–H groups in total. The van der Waals surface area contributed by atoms with Crippen LogP contribution in [0.15, 0.2) is 54.6 Å². The van der Waals surface area contributed by atoms with Gasteiger partial charge in [-0.3, -0.25) is 0 Å². The van der Waals surface area contributed by atoms with Crippen LogP contribution in [0.4, 0.5) is 10.5 Å². The van der Waals surface area contributed by atoms with Crippen LogP contribution in [0.5, 0.6) is 5.75 Å². The van der Waals surface area contributed by atoms with Gasteiger partial charge in [0.1, 0.15) is 12.4 Å². The van der Waals surface area contributed by atoms with Crippen LogP contribution in [0.1, 0.15) is 5.56 Å². The molecule has 0 heterocycles. The number of urea groups is 1. The lowest BCUT2D eigenvalue weighted by atomic mass is 10.2. The van der Waals surface area contributed by atoms with E-state index in [0.29, 0.717) is 31.2 Å². The standard InChI is InChI=1S/C18H22N2O3/c1-20(14-15-7-4-3-5-8-15)18(21)19-16-9-6-10-17(13-16)23-12-11-22-2/h3-10,13H,11-12,14H2,1-2H3,(H,19,21). The van der Waals surface area contributed by atoms with E-state index in [-0.39, 0.29) is 6.03 Å². The van der Waals surface area contributed by atoms with Crippen LogP contribution in [0.2, 0.25) is 0 Å². The minimum absolute atomic E-state index is 0.164. The van der Waals surface area contributed by atoms with E-state index in [0.717, 1.165) is 5.56 Å². The molecule has 0 unspecified atom stereocenters. The van der Waals surface area contributed by atoms with E-state index in [1.807, 2.05) is 48.5 Å². The molecule has 0 radical (unpaired) electrons. The van der Waals surface area contributed by atoms with Crippen LogP contribution in [-0.4, -0.2) is 38.3 Å². The molecule has 5 heteroatoms. The van der Waals surface area contributed by atoms with Crippen molar-refractivity contribution in [2.45, 2.75) is 6.54 Å². The summed E-state index contributed by atoms with van der Waals surface area (Å²) >= 11 is 0. The molecule has 2 rings (SSSR count). The first-order chi connectivity index (χ1) is 11.2. The van der Waals surface area contributed by atoms with E-state index in [1.54, 1.807) is 25.1 Å². The first-order valence-electron chi connectivity index (χ1n) is 7.47. The lowest BCUT2D eigenvalue weighted by molar-refractivity contribution is 0.146. The molecule has 0 spiro atoms. The topological polar surface area (TPSA) is 50.8 Å². The molecule has 0 saturated heterocycles. The summed E-state index contributed by atoms with van der Waals surface area (Å²) in [5, 5.41) is 2.87. The number of carbonyl (C=O) groups is 1. The highest BCUT2D eigenvalue weighted by Crippen LogP contribution is 2.18. The zero-order valence-corrected chi connectivity index (χ0v) is 13.5. The number of nitrogens with zero attached hydrogens (tertiary/aromatic N) is 1. The van der Waals surface area contributed by atoms with Crippen molar-refractivity contribution in [1.29, 1.82) is 0 Å². The van der Waals surface area contributed by atoms with E-state index < -0.39 is 0 Å². The number of amides is 2. The van der Waals surface area contributed by atoms with Crippen LogP contribution in [0, 0.1) is 0 Å². The van der Waals surface area contributed by atoms with Crippen molar-refractivity contribution in [3.05, 3.63) is 60.2 Å². The fraction of sp³-hybridized carbons (Fsp3) is 0.278. The van der Waals surface area contributed by atoms with Gasteiger partial charge in [-0.05, 0) is 17.7 Å². The first-order valence-corrected chi connectivity index (χ1v) is 7.47. The van der Waals surface area contributed by atoms with Crippen LogP contribution in [0.25, 0.3) is 0 Å². The molecular weight excluding hydrogens is 292 g/mol. The van der Waals surface area contributed by atoms with Crippen molar-refractivity contribution in [3.8, 4) is 5.75 Å². The Kier molecular flexibility index (Phi) is 6.44. The summed E-state index contributed by atoms with van der Waals surface area (Å²) in [6.07, 6.45) is 0. The fourth-order valence-electron chi connectivity index (χ4n) is 2.05. The molecule has 0 aliphatic heterocycles. The second-order valence-corrected chi connectivity index (χ2v) is 5.14. The molecule has 5 nitrogen and oxygen atoms in total. The second-order valence-electron chi connectivity index (χ2n) is 5.14. The SMILES string of the molecule is COCCOc1cccc(NC(=O)N(C)Cc2ccccc2)c1. The van der Waals surface area contributed by atoms with Gasteiger partial charge in [-0.1, -0.05) is 36.4 Å². The zero-order valence-electron chi connectivity index (χ0n) is 13.5. The second kappa shape index (κ2) is 8.80. The molecule has 122 valence electrons.